The van der Waals surface area contributed by atoms with E-state index in [0.29, 0.717) is 0 Å². The monoisotopic (exact) mass is 347 g/mol. The molecule has 3 aromatic carbocycles. The van der Waals surface area contributed by atoms with Crippen molar-refractivity contribution >= 4 is 40.2 Å². The third-order valence-corrected chi connectivity index (χ3v) is 5.64. The zero-order valence-corrected chi connectivity index (χ0v) is 15.7. The molecule has 0 fully saturated rings. The van der Waals surface area contributed by atoms with Gasteiger partial charge in [0.15, 0.2) is 5.69 Å². The molecule has 0 saturated carbocycles. The first-order chi connectivity index (χ1) is 12.0. The highest BCUT2D eigenvalue weighted by atomic mass is 32.2. The maximum absolute atomic E-state index is 3.62. The van der Waals surface area contributed by atoms with E-state index in [9.17, 15) is 0 Å². The molecule has 0 saturated heterocycles. The lowest BCUT2D eigenvalue weighted by atomic mass is 9.97. The van der Waals surface area contributed by atoms with Crippen LogP contribution in [0.1, 0.15) is 11.1 Å². The fourth-order valence-electron chi connectivity index (χ4n) is 3.51. The van der Waals surface area contributed by atoms with Gasteiger partial charge in [-0.15, -0.1) is 0 Å². The molecule has 0 unspecified atom stereocenters. The Bertz CT molecular complexity index is 956. The van der Waals surface area contributed by atoms with E-state index in [2.05, 4.69) is 92.5 Å². The minimum absolute atomic E-state index is 0.855. The van der Waals surface area contributed by atoms with Crippen molar-refractivity contribution in [1.82, 2.24) is 4.48 Å². The molecule has 2 nitrogen and oxygen atoms in total. The molecule has 0 amide bonds. The highest BCUT2D eigenvalue weighted by Crippen LogP contribution is 2.43. The van der Waals surface area contributed by atoms with Crippen LogP contribution in [-0.4, -0.2) is 20.6 Å². The smallest absolute Gasteiger partial charge is 0.164 e. The van der Waals surface area contributed by atoms with Gasteiger partial charge in [-0.25, -0.2) is 0 Å². The van der Waals surface area contributed by atoms with Gasteiger partial charge in [-0.2, -0.15) is 0 Å². The summed E-state index contributed by atoms with van der Waals surface area (Å²) in [6.07, 6.45) is 4.56. The fourth-order valence-corrected chi connectivity index (χ4v) is 4.16. The molecule has 0 aliphatic carbocycles. The predicted octanol–water partition coefficient (Wildman–Crippen LogP) is 5.86. The van der Waals surface area contributed by atoms with Gasteiger partial charge in [0.05, 0.1) is 14.1 Å². The summed E-state index contributed by atoms with van der Waals surface area (Å²) in [5, 5.41) is 2.60. The molecule has 3 heteroatoms. The largest absolute Gasteiger partial charge is 0.321 e. The Balaban J connectivity index is 1.80. The molecule has 25 heavy (non-hydrogen) atoms. The lowest BCUT2D eigenvalue weighted by molar-refractivity contribution is 0.440. The number of quaternary nitrogens is 1. The van der Waals surface area contributed by atoms with Crippen LogP contribution in [0.2, 0.25) is 0 Å². The van der Waals surface area contributed by atoms with Crippen LogP contribution in [0.25, 0.3) is 16.8 Å². The van der Waals surface area contributed by atoms with Crippen LogP contribution in [0.15, 0.2) is 65.6 Å². The van der Waals surface area contributed by atoms with E-state index in [1.165, 1.54) is 38.2 Å². The van der Waals surface area contributed by atoms with Gasteiger partial charge in [-0.1, -0.05) is 42.0 Å². The van der Waals surface area contributed by atoms with Crippen LogP contribution >= 0.6 is 11.9 Å². The van der Waals surface area contributed by atoms with Crippen molar-refractivity contribution in [1.29, 1.82) is 0 Å². The minimum atomic E-state index is 0.855. The number of aryl methyl sites for hydroxylation is 1. The van der Waals surface area contributed by atoms with E-state index in [0.717, 1.165) is 11.0 Å². The second-order valence-corrected chi connectivity index (χ2v) is 8.07. The summed E-state index contributed by atoms with van der Waals surface area (Å²) in [5.41, 5.74) is 5.19. The summed E-state index contributed by atoms with van der Waals surface area (Å²) in [5.74, 6) is 0. The summed E-state index contributed by atoms with van der Waals surface area (Å²) >= 11 is 1.68. The minimum Gasteiger partial charge on any atom is -0.321 e. The number of hydrogen-bond donors (Lipinski definition) is 1. The van der Waals surface area contributed by atoms with Crippen molar-refractivity contribution < 1.29 is 0 Å². The van der Waals surface area contributed by atoms with E-state index < -0.39 is 0 Å². The van der Waals surface area contributed by atoms with Crippen molar-refractivity contribution in [2.45, 2.75) is 11.8 Å². The molecule has 3 aromatic rings. The molecule has 0 atom stereocenters. The van der Waals surface area contributed by atoms with Gasteiger partial charge in [0, 0.05) is 10.5 Å². The molecular weight excluding hydrogens is 324 g/mol. The Labute approximate surface area is 153 Å². The summed E-state index contributed by atoms with van der Waals surface area (Å²) < 4.78 is 4.48. The molecular formula is C22H23N2S+. The van der Waals surface area contributed by atoms with Gasteiger partial charge < -0.3 is 4.72 Å². The van der Waals surface area contributed by atoms with E-state index >= 15 is 0 Å². The Morgan fingerprint density at radius 1 is 1.00 bits per heavy atom. The predicted molar refractivity (Wildman–Crippen MR) is 112 cm³/mol. The Kier molecular flexibility index (Phi) is 4.06. The van der Waals surface area contributed by atoms with Crippen LogP contribution in [0.3, 0.4) is 0 Å². The average Bonchev–Trinajstić information content (AvgIpc) is 2.60. The number of nitrogens with zero attached hydrogens (tertiary/aromatic N) is 1. The van der Waals surface area contributed by atoms with E-state index in [1.807, 2.05) is 0 Å². The van der Waals surface area contributed by atoms with Gasteiger partial charge in [-0.05, 0) is 60.0 Å². The standard InChI is InChI=1S/C22H23N2S/c1-16-10-12-18(13-11-16)25-23-21-15-17-7-4-5-8-19(17)20-9-6-14-24(2,3)22(20)21/h4-13,15,23H,14H2,1-3H3/q+1. The lowest BCUT2D eigenvalue weighted by Gasteiger charge is -2.34. The normalized spacial score (nSPS) is 15.2. The number of rotatable bonds is 3. The Morgan fingerprint density at radius 2 is 1.76 bits per heavy atom. The molecule has 0 radical (unpaired) electrons. The summed E-state index contributed by atoms with van der Waals surface area (Å²) in [4.78, 5) is 1.23. The maximum atomic E-state index is 3.62. The first-order valence-corrected chi connectivity index (χ1v) is 9.42. The van der Waals surface area contributed by atoms with Crippen LogP contribution in [0.4, 0.5) is 11.4 Å². The number of nitrogens with one attached hydrogen (secondary N) is 1. The average molecular weight is 348 g/mol. The molecule has 0 spiro atoms. The zero-order valence-electron chi connectivity index (χ0n) is 14.9. The van der Waals surface area contributed by atoms with E-state index in [4.69, 9.17) is 0 Å². The number of likely N-dealkylation sites (N-methyl/N-ethyl adjacent to an activating group) is 1. The highest BCUT2D eigenvalue weighted by molar-refractivity contribution is 8.00. The first-order valence-electron chi connectivity index (χ1n) is 8.60. The number of benzene rings is 3. The summed E-state index contributed by atoms with van der Waals surface area (Å²) in [6, 6.07) is 19.6. The molecule has 4 rings (SSSR count). The first kappa shape index (κ1) is 16.2. The quantitative estimate of drug-likeness (QED) is 0.470. The van der Waals surface area contributed by atoms with Gasteiger partial charge in [0.1, 0.15) is 12.2 Å². The Hall–Kier alpha value is -2.23. The lowest BCUT2D eigenvalue weighted by Crippen LogP contribution is -2.42. The molecule has 1 aliphatic heterocycles. The third kappa shape index (κ3) is 3.06. The molecule has 1 heterocycles. The van der Waals surface area contributed by atoms with Crippen LogP contribution in [0.5, 0.6) is 0 Å². The van der Waals surface area contributed by atoms with Gasteiger partial charge in [0.25, 0.3) is 0 Å². The molecule has 126 valence electrons. The zero-order chi connectivity index (χ0) is 17.4. The van der Waals surface area contributed by atoms with Gasteiger partial charge >= 0.3 is 0 Å². The third-order valence-electron chi connectivity index (χ3n) is 4.81. The van der Waals surface area contributed by atoms with Crippen molar-refractivity contribution in [2.24, 2.45) is 0 Å². The Morgan fingerprint density at radius 3 is 2.56 bits per heavy atom. The molecule has 0 bridgehead atoms. The molecule has 1 N–H and O–H groups in total. The second-order valence-electron chi connectivity index (χ2n) is 7.19. The topological polar surface area (TPSA) is 12.0 Å². The highest BCUT2D eigenvalue weighted by Gasteiger charge is 2.29. The van der Waals surface area contributed by atoms with Crippen molar-refractivity contribution in [3.05, 3.63) is 71.8 Å². The number of anilines is 1. The summed E-state index contributed by atoms with van der Waals surface area (Å²) in [6.45, 7) is 3.13. The van der Waals surface area contributed by atoms with E-state index in [1.54, 1.807) is 11.9 Å². The maximum Gasteiger partial charge on any atom is 0.164 e. The molecule has 0 aromatic heterocycles. The SMILES string of the molecule is Cc1ccc(SNc2cc3ccccc3c3c2[N+](C)(C)CC=C3)cc1. The van der Waals surface area contributed by atoms with Crippen molar-refractivity contribution in [2.75, 3.05) is 25.4 Å². The van der Waals surface area contributed by atoms with Crippen LogP contribution < -0.4 is 9.21 Å². The van der Waals surface area contributed by atoms with Gasteiger partial charge in [-0.3, -0.25) is 4.48 Å². The molecule has 1 aliphatic rings. The van der Waals surface area contributed by atoms with E-state index in [-0.39, 0.29) is 0 Å². The van der Waals surface area contributed by atoms with Crippen molar-refractivity contribution in [3.8, 4) is 0 Å². The number of hydrogen-bond acceptors (Lipinski definition) is 2. The van der Waals surface area contributed by atoms with Crippen LogP contribution in [-0.2, 0) is 0 Å². The summed E-state index contributed by atoms with van der Waals surface area (Å²) in [7, 11) is 4.55. The number of fused-ring (bicyclic) bond motifs is 3. The van der Waals surface area contributed by atoms with Crippen molar-refractivity contribution in [3.63, 3.8) is 0 Å². The second kappa shape index (κ2) is 6.25. The van der Waals surface area contributed by atoms with Gasteiger partial charge in [0.2, 0.25) is 0 Å². The van der Waals surface area contributed by atoms with Crippen LogP contribution in [0, 0.1) is 6.92 Å². The fraction of sp³-hybridized carbons (Fsp3) is 0.182.